The van der Waals surface area contributed by atoms with Crippen molar-refractivity contribution in [3.05, 3.63) is 71.1 Å². The van der Waals surface area contributed by atoms with Gasteiger partial charge in [-0.1, -0.05) is 28.9 Å². The number of aromatic amines is 1. The van der Waals surface area contributed by atoms with Crippen LogP contribution in [0.4, 0.5) is 0 Å². The summed E-state index contributed by atoms with van der Waals surface area (Å²) in [6.07, 6.45) is 4.06. The number of nitrogens with one attached hydrogen (secondary N) is 2. The molecule has 2 aromatic carbocycles. The van der Waals surface area contributed by atoms with Crippen LogP contribution >= 0.6 is 11.6 Å². The molecule has 4 rings (SSSR count). The molecule has 7 nitrogen and oxygen atoms in total. The largest absolute Gasteiger partial charge is 0.350 e. The Hall–Kier alpha value is -3.19. The second kappa shape index (κ2) is 6.97. The van der Waals surface area contributed by atoms with Crippen LogP contribution in [0.2, 0.25) is 5.02 Å². The van der Waals surface area contributed by atoms with Crippen molar-refractivity contribution in [2.75, 3.05) is 6.54 Å². The highest BCUT2D eigenvalue weighted by atomic mass is 35.5. The van der Waals surface area contributed by atoms with Gasteiger partial charge in [-0.15, -0.1) is 5.10 Å². The standard InChI is InChI=1S/C18H15ClN6O/c19-14-3-1-12(2-4-14)7-8-20-18(26)17-11-25(24-23-17)15-5-6-16-13(9-15)10-21-22-16/h1-6,9-11H,7-8H2,(H,20,26)(H,21,22). The van der Waals surface area contributed by atoms with E-state index in [4.69, 9.17) is 11.6 Å². The number of carbonyl (C=O) groups excluding carboxylic acids is 1. The molecule has 130 valence electrons. The Balaban J connectivity index is 1.40. The van der Waals surface area contributed by atoms with Crippen LogP contribution in [-0.2, 0) is 6.42 Å². The number of rotatable bonds is 5. The van der Waals surface area contributed by atoms with Crippen molar-refractivity contribution in [2.24, 2.45) is 0 Å². The van der Waals surface area contributed by atoms with Crippen molar-refractivity contribution >= 4 is 28.4 Å². The van der Waals surface area contributed by atoms with Gasteiger partial charge in [-0.3, -0.25) is 9.89 Å². The van der Waals surface area contributed by atoms with E-state index in [1.807, 2.05) is 42.5 Å². The van der Waals surface area contributed by atoms with Crippen molar-refractivity contribution in [1.29, 1.82) is 0 Å². The number of hydrogen-bond acceptors (Lipinski definition) is 4. The molecule has 2 aromatic heterocycles. The second-order valence-electron chi connectivity index (χ2n) is 5.82. The lowest BCUT2D eigenvalue weighted by molar-refractivity contribution is 0.0949. The first-order chi connectivity index (χ1) is 12.7. The molecule has 0 aliphatic carbocycles. The topological polar surface area (TPSA) is 88.5 Å². The molecule has 0 unspecified atom stereocenters. The summed E-state index contributed by atoms with van der Waals surface area (Å²) < 4.78 is 1.57. The summed E-state index contributed by atoms with van der Waals surface area (Å²) >= 11 is 5.86. The first-order valence-electron chi connectivity index (χ1n) is 8.07. The molecule has 2 N–H and O–H groups in total. The smallest absolute Gasteiger partial charge is 0.273 e. The predicted octanol–water partition coefficient (Wildman–Crippen LogP) is 2.77. The monoisotopic (exact) mass is 366 g/mol. The summed E-state index contributed by atoms with van der Waals surface area (Å²) in [6, 6.07) is 13.3. The van der Waals surface area contributed by atoms with Crippen molar-refractivity contribution < 1.29 is 4.79 Å². The minimum atomic E-state index is -0.255. The molecule has 0 fully saturated rings. The summed E-state index contributed by atoms with van der Waals surface area (Å²) in [5.74, 6) is -0.255. The summed E-state index contributed by atoms with van der Waals surface area (Å²) in [5.41, 5.74) is 3.13. The fourth-order valence-electron chi connectivity index (χ4n) is 2.63. The number of benzene rings is 2. The quantitative estimate of drug-likeness (QED) is 0.568. The molecular weight excluding hydrogens is 352 g/mol. The van der Waals surface area contributed by atoms with Crippen LogP contribution in [0.3, 0.4) is 0 Å². The minimum absolute atomic E-state index is 0.255. The van der Waals surface area contributed by atoms with Crippen molar-refractivity contribution in [3.63, 3.8) is 0 Å². The molecule has 8 heteroatoms. The van der Waals surface area contributed by atoms with Crippen LogP contribution in [0, 0.1) is 0 Å². The molecule has 4 aromatic rings. The minimum Gasteiger partial charge on any atom is -0.350 e. The summed E-state index contributed by atoms with van der Waals surface area (Å²) in [5, 5.41) is 19.4. The molecular formula is C18H15ClN6O. The van der Waals surface area contributed by atoms with E-state index in [0.29, 0.717) is 18.0 Å². The Bertz CT molecular complexity index is 1050. The lowest BCUT2D eigenvalue weighted by atomic mass is 10.1. The van der Waals surface area contributed by atoms with Gasteiger partial charge >= 0.3 is 0 Å². The zero-order valence-corrected chi connectivity index (χ0v) is 14.4. The first-order valence-corrected chi connectivity index (χ1v) is 8.45. The predicted molar refractivity (Wildman–Crippen MR) is 98.5 cm³/mol. The molecule has 0 saturated carbocycles. The molecule has 0 radical (unpaired) electrons. The highest BCUT2D eigenvalue weighted by Crippen LogP contribution is 2.15. The maximum Gasteiger partial charge on any atom is 0.273 e. The van der Waals surface area contributed by atoms with Crippen LogP contribution in [0.25, 0.3) is 16.6 Å². The number of amides is 1. The highest BCUT2D eigenvalue weighted by Gasteiger charge is 2.11. The van der Waals surface area contributed by atoms with E-state index in [0.717, 1.165) is 22.2 Å². The van der Waals surface area contributed by atoms with Crippen LogP contribution in [0.1, 0.15) is 16.1 Å². The zero-order chi connectivity index (χ0) is 17.9. The summed E-state index contributed by atoms with van der Waals surface area (Å²) in [4.78, 5) is 12.2. The van der Waals surface area contributed by atoms with E-state index < -0.39 is 0 Å². The van der Waals surface area contributed by atoms with E-state index in [-0.39, 0.29) is 11.6 Å². The van der Waals surface area contributed by atoms with Crippen LogP contribution in [-0.4, -0.2) is 37.6 Å². The Kier molecular flexibility index (Phi) is 4.37. The van der Waals surface area contributed by atoms with Crippen LogP contribution in [0.5, 0.6) is 0 Å². The molecule has 0 atom stereocenters. The SMILES string of the molecule is O=C(NCCc1ccc(Cl)cc1)c1cn(-c2ccc3[nH]ncc3c2)nn1. The number of hydrogen-bond donors (Lipinski definition) is 2. The maximum absolute atomic E-state index is 12.2. The van der Waals surface area contributed by atoms with Gasteiger partial charge in [0.1, 0.15) is 0 Å². The molecule has 0 saturated heterocycles. The molecule has 1 amide bonds. The number of fused-ring (bicyclic) bond motifs is 1. The van der Waals surface area contributed by atoms with E-state index in [1.54, 1.807) is 17.1 Å². The van der Waals surface area contributed by atoms with Crippen LogP contribution in [0.15, 0.2) is 54.9 Å². The number of carbonyl (C=O) groups is 1. The Labute approximate surface area is 154 Å². The summed E-state index contributed by atoms with van der Waals surface area (Å²) in [6.45, 7) is 0.508. The van der Waals surface area contributed by atoms with Gasteiger partial charge in [0, 0.05) is 17.0 Å². The van der Waals surface area contributed by atoms with E-state index in [1.165, 1.54) is 0 Å². The van der Waals surface area contributed by atoms with Crippen molar-refractivity contribution in [2.45, 2.75) is 6.42 Å². The van der Waals surface area contributed by atoms with Gasteiger partial charge in [0.15, 0.2) is 5.69 Å². The van der Waals surface area contributed by atoms with Gasteiger partial charge in [0.05, 0.1) is 23.6 Å². The van der Waals surface area contributed by atoms with Crippen molar-refractivity contribution in [3.8, 4) is 5.69 Å². The number of aromatic nitrogens is 5. The zero-order valence-electron chi connectivity index (χ0n) is 13.7. The number of halogens is 1. The fraction of sp³-hybridized carbons (Fsp3) is 0.111. The van der Waals surface area contributed by atoms with E-state index >= 15 is 0 Å². The average Bonchev–Trinajstić information content (AvgIpc) is 3.32. The van der Waals surface area contributed by atoms with Gasteiger partial charge in [0.2, 0.25) is 0 Å². The van der Waals surface area contributed by atoms with Gasteiger partial charge in [-0.25, -0.2) is 4.68 Å². The second-order valence-corrected chi connectivity index (χ2v) is 6.26. The third-order valence-electron chi connectivity index (χ3n) is 4.03. The van der Waals surface area contributed by atoms with Crippen molar-refractivity contribution in [1.82, 2.24) is 30.5 Å². The molecule has 0 spiro atoms. The third-order valence-corrected chi connectivity index (χ3v) is 4.28. The molecule has 0 bridgehead atoms. The van der Waals surface area contributed by atoms with Gasteiger partial charge in [-0.05, 0) is 42.3 Å². The Morgan fingerprint density at radius 1 is 1.19 bits per heavy atom. The van der Waals surface area contributed by atoms with Gasteiger partial charge in [-0.2, -0.15) is 5.10 Å². The van der Waals surface area contributed by atoms with Crippen LogP contribution < -0.4 is 5.32 Å². The van der Waals surface area contributed by atoms with Gasteiger partial charge < -0.3 is 5.32 Å². The first kappa shape index (κ1) is 16.3. The molecule has 26 heavy (non-hydrogen) atoms. The number of H-pyrrole nitrogens is 1. The van der Waals surface area contributed by atoms with E-state index in [9.17, 15) is 4.79 Å². The lowest BCUT2D eigenvalue weighted by Crippen LogP contribution is -2.26. The Morgan fingerprint density at radius 2 is 2.04 bits per heavy atom. The lowest BCUT2D eigenvalue weighted by Gasteiger charge is -2.03. The molecule has 0 aliphatic rings. The maximum atomic E-state index is 12.2. The third kappa shape index (κ3) is 3.43. The summed E-state index contributed by atoms with van der Waals surface area (Å²) in [7, 11) is 0. The molecule has 2 heterocycles. The molecule has 0 aliphatic heterocycles. The Morgan fingerprint density at radius 3 is 2.88 bits per heavy atom. The normalized spacial score (nSPS) is 11.0. The van der Waals surface area contributed by atoms with E-state index in [2.05, 4.69) is 25.8 Å². The van der Waals surface area contributed by atoms with Gasteiger partial charge in [0.25, 0.3) is 5.91 Å². The number of nitrogens with zero attached hydrogens (tertiary/aromatic N) is 4. The fourth-order valence-corrected chi connectivity index (χ4v) is 2.75. The average molecular weight is 367 g/mol. The highest BCUT2D eigenvalue weighted by molar-refractivity contribution is 6.30.